The molecule has 0 saturated carbocycles. The van der Waals surface area contributed by atoms with Gasteiger partial charge in [0.05, 0.1) is 6.04 Å². The SMILES string of the molecule is Clc1ccc(C2CCCCN2c2ccc3nnnn3n2)cc1. The Morgan fingerprint density at radius 2 is 1.91 bits per heavy atom. The molecule has 0 aliphatic carbocycles. The van der Waals surface area contributed by atoms with Gasteiger partial charge in [-0.2, -0.15) is 0 Å². The maximum Gasteiger partial charge on any atom is 0.200 e. The summed E-state index contributed by atoms with van der Waals surface area (Å²) in [5.74, 6) is 0.902. The number of hydrogen-bond donors (Lipinski definition) is 0. The van der Waals surface area contributed by atoms with Gasteiger partial charge in [-0.05, 0) is 59.5 Å². The zero-order valence-electron chi connectivity index (χ0n) is 11.9. The first kappa shape index (κ1) is 13.5. The molecule has 1 aromatic carbocycles. The van der Waals surface area contributed by atoms with E-state index in [1.165, 1.54) is 23.0 Å². The van der Waals surface area contributed by atoms with Crippen LogP contribution in [0.25, 0.3) is 5.65 Å². The van der Waals surface area contributed by atoms with Crippen LogP contribution in [-0.2, 0) is 0 Å². The van der Waals surface area contributed by atoms with Gasteiger partial charge < -0.3 is 4.90 Å². The molecule has 1 unspecified atom stereocenters. The Labute approximate surface area is 132 Å². The number of anilines is 1. The average molecular weight is 315 g/mol. The van der Waals surface area contributed by atoms with Crippen LogP contribution in [0, 0.1) is 0 Å². The fourth-order valence-electron chi connectivity index (χ4n) is 3.03. The highest BCUT2D eigenvalue weighted by Crippen LogP contribution is 2.34. The molecule has 22 heavy (non-hydrogen) atoms. The Hall–Kier alpha value is -2.21. The van der Waals surface area contributed by atoms with Crippen molar-refractivity contribution in [3.63, 3.8) is 0 Å². The van der Waals surface area contributed by atoms with Crippen LogP contribution < -0.4 is 4.90 Å². The first-order valence-electron chi connectivity index (χ1n) is 7.39. The maximum absolute atomic E-state index is 6.01. The fraction of sp³-hybridized carbons (Fsp3) is 0.333. The first-order chi connectivity index (χ1) is 10.8. The zero-order valence-corrected chi connectivity index (χ0v) is 12.7. The van der Waals surface area contributed by atoms with Gasteiger partial charge in [0, 0.05) is 11.6 Å². The minimum atomic E-state index is 0.312. The third-order valence-corrected chi connectivity index (χ3v) is 4.36. The molecular weight excluding hydrogens is 300 g/mol. The van der Waals surface area contributed by atoms with Crippen molar-refractivity contribution < 1.29 is 0 Å². The minimum Gasteiger partial charge on any atom is -0.348 e. The van der Waals surface area contributed by atoms with Crippen molar-refractivity contribution in [3.8, 4) is 0 Å². The first-order valence-corrected chi connectivity index (χ1v) is 7.76. The Bertz CT molecular complexity index is 784. The van der Waals surface area contributed by atoms with E-state index in [0.717, 1.165) is 23.8 Å². The van der Waals surface area contributed by atoms with E-state index in [1.807, 2.05) is 24.3 Å². The van der Waals surface area contributed by atoms with Gasteiger partial charge in [-0.15, -0.1) is 14.8 Å². The molecule has 0 spiro atoms. The standard InChI is InChI=1S/C15H15ClN6/c16-12-6-4-11(5-7-12)13-3-1-2-10-21(13)15-9-8-14-17-19-20-22(14)18-15/h4-9,13H,1-3,10H2. The van der Waals surface area contributed by atoms with E-state index < -0.39 is 0 Å². The molecule has 1 fully saturated rings. The number of aromatic nitrogens is 5. The number of rotatable bonds is 2. The number of nitrogens with zero attached hydrogens (tertiary/aromatic N) is 6. The molecule has 7 heteroatoms. The Kier molecular flexibility index (Phi) is 3.38. The molecule has 1 saturated heterocycles. The number of hydrogen-bond acceptors (Lipinski definition) is 5. The summed E-state index contributed by atoms with van der Waals surface area (Å²) < 4.78 is 1.48. The van der Waals surface area contributed by atoms with Crippen molar-refractivity contribution in [2.45, 2.75) is 25.3 Å². The van der Waals surface area contributed by atoms with Crippen molar-refractivity contribution >= 4 is 23.1 Å². The quantitative estimate of drug-likeness (QED) is 0.728. The second-order valence-electron chi connectivity index (χ2n) is 5.47. The highest BCUT2D eigenvalue weighted by molar-refractivity contribution is 6.30. The number of halogens is 1. The Morgan fingerprint density at radius 1 is 1.05 bits per heavy atom. The van der Waals surface area contributed by atoms with E-state index in [2.05, 4.69) is 37.7 Å². The van der Waals surface area contributed by atoms with Gasteiger partial charge >= 0.3 is 0 Å². The highest BCUT2D eigenvalue weighted by Gasteiger charge is 2.25. The van der Waals surface area contributed by atoms with Gasteiger partial charge in [0.1, 0.15) is 0 Å². The van der Waals surface area contributed by atoms with Gasteiger partial charge in [-0.3, -0.25) is 0 Å². The predicted octanol–water partition coefficient (Wildman–Crippen LogP) is 2.90. The molecule has 1 aliphatic heterocycles. The Morgan fingerprint density at radius 3 is 2.77 bits per heavy atom. The summed E-state index contributed by atoms with van der Waals surface area (Å²) in [7, 11) is 0. The summed E-state index contributed by atoms with van der Waals surface area (Å²) in [5.41, 5.74) is 1.92. The monoisotopic (exact) mass is 314 g/mol. The molecule has 1 atom stereocenters. The normalized spacial score (nSPS) is 18.8. The molecule has 3 heterocycles. The number of benzene rings is 1. The van der Waals surface area contributed by atoms with Gasteiger partial charge in [-0.1, -0.05) is 23.7 Å². The zero-order chi connectivity index (χ0) is 14.9. The Balaban J connectivity index is 1.71. The molecule has 0 bridgehead atoms. The number of piperidine rings is 1. The van der Waals surface area contributed by atoms with Crippen LogP contribution in [0.5, 0.6) is 0 Å². The average Bonchev–Trinajstić information content (AvgIpc) is 3.03. The molecule has 2 aromatic heterocycles. The third-order valence-electron chi connectivity index (χ3n) is 4.11. The van der Waals surface area contributed by atoms with E-state index in [1.54, 1.807) is 0 Å². The van der Waals surface area contributed by atoms with Gasteiger partial charge in [0.15, 0.2) is 11.5 Å². The summed E-state index contributed by atoms with van der Waals surface area (Å²) >= 11 is 6.01. The lowest BCUT2D eigenvalue weighted by Gasteiger charge is -2.36. The summed E-state index contributed by atoms with van der Waals surface area (Å²) in [6.45, 7) is 0.980. The van der Waals surface area contributed by atoms with Crippen LogP contribution in [0.2, 0.25) is 5.02 Å². The fourth-order valence-corrected chi connectivity index (χ4v) is 3.16. The van der Waals surface area contributed by atoms with E-state index in [0.29, 0.717) is 11.7 Å². The largest absolute Gasteiger partial charge is 0.348 e. The molecule has 3 aromatic rings. The smallest absolute Gasteiger partial charge is 0.200 e. The van der Waals surface area contributed by atoms with Crippen LogP contribution in [0.15, 0.2) is 36.4 Å². The molecule has 0 radical (unpaired) electrons. The van der Waals surface area contributed by atoms with Crippen molar-refractivity contribution in [2.75, 3.05) is 11.4 Å². The summed E-state index contributed by atoms with van der Waals surface area (Å²) in [5, 5.41) is 16.7. The summed E-state index contributed by atoms with van der Waals surface area (Å²) in [4.78, 5) is 2.33. The molecule has 0 N–H and O–H groups in total. The lowest BCUT2D eigenvalue weighted by Crippen LogP contribution is -2.34. The molecular formula is C15H15ClN6. The predicted molar refractivity (Wildman–Crippen MR) is 84.0 cm³/mol. The van der Waals surface area contributed by atoms with Crippen molar-refractivity contribution in [1.82, 2.24) is 25.3 Å². The second kappa shape index (κ2) is 5.53. The van der Waals surface area contributed by atoms with Gasteiger partial charge in [-0.25, -0.2) is 0 Å². The van der Waals surface area contributed by atoms with Crippen molar-refractivity contribution in [1.29, 1.82) is 0 Å². The van der Waals surface area contributed by atoms with Crippen LogP contribution in [0.4, 0.5) is 5.82 Å². The molecule has 1 aliphatic rings. The third kappa shape index (κ3) is 2.39. The van der Waals surface area contributed by atoms with Crippen LogP contribution in [0.3, 0.4) is 0 Å². The van der Waals surface area contributed by atoms with E-state index in [9.17, 15) is 0 Å². The van der Waals surface area contributed by atoms with Gasteiger partial charge in [0.2, 0.25) is 0 Å². The highest BCUT2D eigenvalue weighted by atomic mass is 35.5. The van der Waals surface area contributed by atoms with Crippen LogP contribution in [0.1, 0.15) is 30.9 Å². The van der Waals surface area contributed by atoms with E-state index >= 15 is 0 Å². The van der Waals surface area contributed by atoms with Crippen molar-refractivity contribution in [2.24, 2.45) is 0 Å². The lowest BCUT2D eigenvalue weighted by molar-refractivity contribution is 0.466. The maximum atomic E-state index is 6.01. The van der Waals surface area contributed by atoms with E-state index in [-0.39, 0.29) is 0 Å². The summed E-state index contributed by atoms with van der Waals surface area (Å²) in [6.07, 6.45) is 3.49. The molecule has 0 amide bonds. The topological polar surface area (TPSA) is 59.2 Å². The van der Waals surface area contributed by atoms with Gasteiger partial charge in [0.25, 0.3) is 0 Å². The number of tetrazole rings is 1. The molecule has 112 valence electrons. The molecule has 6 nitrogen and oxygen atoms in total. The summed E-state index contributed by atoms with van der Waals surface area (Å²) in [6, 6.07) is 12.3. The van der Waals surface area contributed by atoms with Crippen LogP contribution >= 0.6 is 11.6 Å². The molecule has 4 rings (SSSR count). The van der Waals surface area contributed by atoms with E-state index in [4.69, 9.17) is 11.6 Å². The second-order valence-corrected chi connectivity index (χ2v) is 5.91. The minimum absolute atomic E-state index is 0.312. The number of fused-ring (bicyclic) bond motifs is 1. The lowest BCUT2D eigenvalue weighted by atomic mass is 9.95. The van der Waals surface area contributed by atoms with Crippen LogP contribution in [-0.4, -0.2) is 31.8 Å². The van der Waals surface area contributed by atoms with Crippen molar-refractivity contribution in [3.05, 3.63) is 47.0 Å².